The Bertz CT molecular complexity index is 222. The van der Waals surface area contributed by atoms with E-state index >= 15 is 0 Å². The van der Waals surface area contributed by atoms with E-state index in [2.05, 4.69) is 9.97 Å². The lowest BCUT2D eigenvalue weighted by Gasteiger charge is -2.10. The molecule has 0 aliphatic heterocycles. The van der Waals surface area contributed by atoms with Crippen LogP contribution in [0, 0.1) is 0 Å². The summed E-state index contributed by atoms with van der Waals surface area (Å²) in [6, 6.07) is 0. The first kappa shape index (κ1) is 7.43. The second kappa shape index (κ2) is 2.94. The normalized spacial score (nSPS) is 16.6. The molecule has 2 atom stereocenters. The predicted molar refractivity (Wildman–Crippen MR) is 35.9 cm³/mol. The number of imidazole rings is 1. The molecule has 0 bridgehead atoms. The molecule has 1 heterocycles. The lowest BCUT2D eigenvalue weighted by molar-refractivity contribution is 0.525. The molecule has 2 unspecified atom stereocenters. The number of H-pyrrole nitrogens is 1. The maximum absolute atomic E-state index is 10.3. The molecule has 0 spiro atoms. The molecule has 0 saturated carbocycles. The average Bonchev–Trinajstić information content (AvgIpc) is 2.36. The number of aromatic amines is 1. The monoisotopic (exact) mass is 159 g/mol. The lowest BCUT2D eigenvalue weighted by Crippen LogP contribution is -2.02. The molecule has 56 valence electrons. The fraction of sp³-hybridized carbons (Fsp3) is 0.400. The van der Waals surface area contributed by atoms with E-state index in [1.807, 2.05) is 0 Å². The Balaban J connectivity index is 2.77. The molecule has 10 heavy (non-hydrogen) atoms. The predicted octanol–water partition coefficient (Wildman–Crippen LogP) is 0.350. The van der Waals surface area contributed by atoms with Crippen molar-refractivity contribution in [2.45, 2.75) is 12.2 Å². The van der Waals surface area contributed by atoms with Crippen LogP contribution < -0.4 is 0 Å². The number of nitrogens with one attached hydrogen (secondary N) is 1. The summed E-state index contributed by atoms with van der Waals surface area (Å²) in [5.74, 6) is 0.480. The van der Waals surface area contributed by atoms with Crippen LogP contribution in [0.15, 0.2) is 12.4 Å². The minimum Gasteiger partial charge on any atom is -0.772 e. The Morgan fingerprint density at radius 2 is 2.60 bits per heavy atom. The van der Waals surface area contributed by atoms with Crippen LogP contribution in [0.2, 0.25) is 0 Å². The van der Waals surface area contributed by atoms with Gasteiger partial charge in [0.05, 0.1) is 5.25 Å². The molecule has 0 aromatic carbocycles. The molecule has 5 heteroatoms. The van der Waals surface area contributed by atoms with Crippen LogP contribution in [0.25, 0.3) is 0 Å². The van der Waals surface area contributed by atoms with E-state index < -0.39 is 16.3 Å². The van der Waals surface area contributed by atoms with Crippen molar-refractivity contribution >= 4 is 11.1 Å². The molecule has 0 radical (unpaired) electrons. The molecule has 0 amide bonds. The summed E-state index contributed by atoms with van der Waals surface area (Å²) in [6.07, 6.45) is 3.12. The van der Waals surface area contributed by atoms with Gasteiger partial charge in [-0.1, -0.05) is 0 Å². The van der Waals surface area contributed by atoms with Crippen LogP contribution in [0.4, 0.5) is 0 Å². The average molecular weight is 159 g/mol. The second-order valence-electron chi connectivity index (χ2n) is 1.88. The van der Waals surface area contributed by atoms with E-state index in [0.717, 1.165) is 0 Å². The smallest absolute Gasteiger partial charge is 0.120 e. The first-order chi connectivity index (χ1) is 4.72. The highest BCUT2D eigenvalue weighted by molar-refractivity contribution is 7.79. The largest absolute Gasteiger partial charge is 0.772 e. The van der Waals surface area contributed by atoms with Gasteiger partial charge in [-0.15, -0.1) is 0 Å². The summed E-state index contributed by atoms with van der Waals surface area (Å²) < 4.78 is 20.7. The van der Waals surface area contributed by atoms with E-state index in [0.29, 0.717) is 5.82 Å². The topological polar surface area (TPSA) is 68.8 Å². The zero-order valence-electron chi connectivity index (χ0n) is 5.40. The third-order valence-corrected chi connectivity index (χ3v) is 1.99. The quantitative estimate of drug-likeness (QED) is 0.633. The van der Waals surface area contributed by atoms with Crippen molar-refractivity contribution in [2.75, 3.05) is 0 Å². The van der Waals surface area contributed by atoms with Gasteiger partial charge in [-0.3, -0.25) is 4.21 Å². The maximum Gasteiger partial charge on any atom is 0.120 e. The first-order valence-corrected chi connectivity index (χ1v) is 3.93. The number of rotatable bonds is 2. The van der Waals surface area contributed by atoms with Crippen molar-refractivity contribution in [3.63, 3.8) is 0 Å². The van der Waals surface area contributed by atoms with Crippen LogP contribution in [0.3, 0.4) is 0 Å². The number of hydrogen-bond acceptors (Lipinski definition) is 3. The van der Waals surface area contributed by atoms with Crippen LogP contribution in [-0.2, 0) is 11.1 Å². The summed E-state index contributed by atoms with van der Waals surface area (Å²) >= 11 is -2.08. The van der Waals surface area contributed by atoms with Gasteiger partial charge in [0.25, 0.3) is 0 Å². The van der Waals surface area contributed by atoms with Crippen LogP contribution in [-0.4, -0.2) is 18.7 Å². The number of hydrogen-bond donors (Lipinski definition) is 1. The van der Waals surface area contributed by atoms with Gasteiger partial charge in [0.15, 0.2) is 0 Å². The Labute approximate surface area is 61.0 Å². The van der Waals surface area contributed by atoms with Gasteiger partial charge < -0.3 is 9.54 Å². The van der Waals surface area contributed by atoms with Crippen molar-refractivity contribution in [1.82, 2.24) is 9.97 Å². The van der Waals surface area contributed by atoms with Gasteiger partial charge in [0, 0.05) is 12.4 Å². The van der Waals surface area contributed by atoms with Gasteiger partial charge >= 0.3 is 0 Å². The highest BCUT2D eigenvalue weighted by atomic mass is 32.2. The number of aromatic nitrogens is 2. The van der Waals surface area contributed by atoms with Crippen molar-refractivity contribution in [3.8, 4) is 0 Å². The summed E-state index contributed by atoms with van der Waals surface area (Å²) in [5, 5.41) is -0.546. The molecule has 0 saturated heterocycles. The van der Waals surface area contributed by atoms with Crippen molar-refractivity contribution in [3.05, 3.63) is 18.2 Å². The minimum absolute atomic E-state index is 0.480. The van der Waals surface area contributed by atoms with E-state index in [-0.39, 0.29) is 0 Å². The molecule has 1 rings (SSSR count). The first-order valence-electron chi connectivity index (χ1n) is 2.79. The van der Waals surface area contributed by atoms with Gasteiger partial charge in [-0.2, -0.15) is 0 Å². The van der Waals surface area contributed by atoms with Gasteiger partial charge in [0.1, 0.15) is 5.82 Å². The third kappa shape index (κ3) is 1.43. The van der Waals surface area contributed by atoms with Gasteiger partial charge in [0.2, 0.25) is 0 Å². The van der Waals surface area contributed by atoms with Crippen molar-refractivity contribution in [2.24, 2.45) is 0 Å². The van der Waals surface area contributed by atoms with Crippen LogP contribution in [0.5, 0.6) is 0 Å². The zero-order chi connectivity index (χ0) is 7.56. The molecule has 4 nitrogen and oxygen atoms in total. The Hall–Kier alpha value is -0.680. The van der Waals surface area contributed by atoms with Gasteiger partial charge in [-0.25, -0.2) is 4.98 Å². The van der Waals surface area contributed by atoms with Crippen molar-refractivity contribution < 1.29 is 8.76 Å². The zero-order valence-corrected chi connectivity index (χ0v) is 6.22. The Morgan fingerprint density at radius 3 is 3.00 bits per heavy atom. The molecule has 1 aromatic heterocycles. The standard InChI is InChI=1S/C5H8N2O2S/c1-4(10(8)9)5-6-2-3-7-5/h2-4H,1H3,(H,6,7)(H,8,9)/p-1. The lowest BCUT2D eigenvalue weighted by atomic mass is 10.5. The van der Waals surface area contributed by atoms with Crippen LogP contribution >= 0.6 is 0 Å². The molecule has 0 fully saturated rings. The third-order valence-electron chi connectivity index (χ3n) is 1.19. The van der Waals surface area contributed by atoms with Crippen LogP contribution in [0.1, 0.15) is 18.0 Å². The highest BCUT2D eigenvalue weighted by Crippen LogP contribution is 2.11. The second-order valence-corrected chi connectivity index (χ2v) is 3.11. The van der Waals surface area contributed by atoms with Crippen molar-refractivity contribution in [1.29, 1.82) is 0 Å². The molecule has 0 aliphatic carbocycles. The van der Waals surface area contributed by atoms with E-state index in [4.69, 9.17) is 0 Å². The minimum atomic E-state index is -2.08. The fourth-order valence-electron chi connectivity index (χ4n) is 0.591. The molecular weight excluding hydrogens is 152 g/mol. The molecule has 1 N–H and O–H groups in total. The van der Waals surface area contributed by atoms with E-state index in [9.17, 15) is 8.76 Å². The summed E-state index contributed by atoms with van der Waals surface area (Å²) in [5.41, 5.74) is 0. The van der Waals surface area contributed by atoms with E-state index in [1.54, 1.807) is 13.1 Å². The Morgan fingerprint density at radius 1 is 1.90 bits per heavy atom. The van der Waals surface area contributed by atoms with E-state index in [1.165, 1.54) is 6.20 Å². The fourth-order valence-corrected chi connectivity index (χ4v) is 0.902. The molecule has 0 aliphatic rings. The maximum atomic E-state index is 10.3. The SMILES string of the molecule is CC(c1ncc[nH]1)S(=O)[O-]. The number of nitrogens with zero attached hydrogens (tertiary/aromatic N) is 1. The summed E-state index contributed by atoms with van der Waals surface area (Å²) in [6.45, 7) is 1.57. The highest BCUT2D eigenvalue weighted by Gasteiger charge is 2.06. The summed E-state index contributed by atoms with van der Waals surface area (Å²) in [4.78, 5) is 6.50. The molecular formula is C5H7N2O2S-. The molecule has 1 aromatic rings. The summed E-state index contributed by atoms with van der Waals surface area (Å²) in [7, 11) is 0. The Kier molecular flexibility index (Phi) is 2.18. The van der Waals surface area contributed by atoms with Gasteiger partial charge in [-0.05, 0) is 18.0 Å².